The van der Waals surface area contributed by atoms with Crippen molar-refractivity contribution in [2.24, 2.45) is 5.41 Å². The van der Waals surface area contributed by atoms with E-state index in [4.69, 9.17) is 4.74 Å². The number of aromatic nitrogens is 2. The van der Waals surface area contributed by atoms with Crippen LogP contribution in [0.25, 0.3) is 11.3 Å². The maximum atomic E-state index is 12.9. The van der Waals surface area contributed by atoms with Crippen molar-refractivity contribution in [1.29, 1.82) is 0 Å². The van der Waals surface area contributed by atoms with Crippen molar-refractivity contribution in [3.8, 4) is 11.3 Å². The van der Waals surface area contributed by atoms with Crippen LogP contribution in [0, 0.1) is 15.5 Å². The monoisotopic (exact) mass is 463 g/mol. The van der Waals surface area contributed by atoms with Crippen LogP contribution < -0.4 is 0 Å². The van der Waals surface area contributed by atoms with Gasteiger partial charge >= 0.3 is 12.3 Å². The fraction of sp³-hybridized carbons (Fsp3) is 0.273. The summed E-state index contributed by atoms with van der Waals surface area (Å²) in [6.45, 7) is 5.12. The van der Waals surface area contributed by atoms with Crippen molar-refractivity contribution in [1.82, 2.24) is 9.78 Å². The molecule has 2 aromatic carbocycles. The summed E-state index contributed by atoms with van der Waals surface area (Å²) in [5.74, 6) is 0. The van der Waals surface area contributed by atoms with E-state index in [1.54, 1.807) is 20.8 Å². The molecule has 3 aromatic rings. The molecule has 1 aromatic heterocycles. The van der Waals surface area contributed by atoms with E-state index in [-0.39, 0.29) is 16.9 Å². The molecule has 1 heterocycles. The van der Waals surface area contributed by atoms with E-state index in [1.165, 1.54) is 53.3 Å². The summed E-state index contributed by atoms with van der Waals surface area (Å²) in [4.78, 5) is 22.2. The van der Waals surface area contributed by atoms with Gasteiger partial charge in [0, 0.05) is 34.9 Å². The first-order valence-corrected chi connectivity index (χ1v) is 9.66. The van der Waals surface area contributed by atoms with Crippen LogP contribution in [0.2, 0.25) is 0 Å². The number of benzene rings is 2. The Morgan fingerprint density at radius 1 is 1.00 bits per heavy atom. The van der Waals surface area contributed by atoms with Gasteiger partial charge < -0.3 is 9.84 Å². The minimum atomic E-state index is -4.48. The molecule has 1 unspecified atom stereocenters. The molecule has 3 rings (SSSR count). The van der Waals surface area contributed by atoms with Crippen LogP contribution in [0.15, 0.2) is 60.8 Å². The average Bonchev–Trinajstić information content (AvgIpc) is 3.21. The molecule has 0 amide bonds. The van der Waals surface area contributed by atoms with Crippen molar-refractivity contribution >= 4 is 11.8 Å². The van der Waals surface area contributed by atoms with Crippen molar-refractivity contribution < 1.29 is 32.7 Å². The molecule has 174 valence electrons. The van der Waals surface area contributed by atoms with E-state index in [0.717, 1.165) is 12.1 Å². The van der Waals surface area contributed by atoms with Crippen LogP contribution in [0.4, 0.5) is 23.7 Å². The van der Waals surface area contributed by atoms with Crippen molar-refractivity contribution in [2.45, 2.75) is 32.7 Å². The summed E-state index contributed by atoms with van der Waals surface area (Å²) in [6, 6.07) is 11.1. The van der Waals surface area contributed by atoms with E-state index < -0.39 is 34.0 Å². The number of ether oxygens (including phenoxy) is 1. The van der Waals surface area contributed by atoms with Gasteiger partial charge in [-0.1, -0.05) is 32.9 Å². The van der Waals surface area contributed by atoms with Gasteiger partial charge in [0.05, 0.1) is 16.2 Å². The highest BCUT2D eigenvalue weighted by Crippen LogP contribution is 2.44. The van der Waals surface area contributed by atoms with Crippen molar-refractivity contribution in [3.63, 3.8) is 0 Å². The molecule has 0 radical (unpaired) electrons. The Morgan fingerprint density at radius 2 is 1.55 bits per heavy atom. The quantitative estimate of drug-likeness (QED) is 0.286. The average molecular weight is 463 g/mol. The molecule has 0 aliphatic rings. The fourth-order valence-corrected chi connectivity index (χ4v) is 3.59. The topological polar surface area (TPSA) is 107 Å². The van der Waals surface area contributed by atoms with Gasteiger partial charge in [-0.05, 0) is 30.3 Å². The third-order valence-electron chi connectivity index (χ3n) is 5.14. The number of nitrogens with zero attached hydrogens (tertiary/aromatic N) is 3. The van der Waals surface area contributed by atoms with Crippen LogP contribution in [0.1, 0.15) is 31.9 Å². The third-order valence-corrected chi connectivity index (χ3v) is 5.14. The molecule has 0 aliphatic carbocycles. The standard InChI is InChI=1S/C22H20F3N3O5/c1-20(2,3)21(33-19(29)30,15-8-10-17(11-9-15)28(31)32)27-13-12-18(26-27)14-4-6-16(7-5-14)22(23,24)25/h4-13H,1-3H3,(H,29,30). The number of nitro benzene ring substituents is 1. The molecule has 0 bridgehead atoms. The van der Waals surface area contributed by atoms with E-state index in [0.29, 0.717) is 5.56 Å². The maximum absolute atomic E-state index is 12.9. The first-order valence-electron chi connectivity index (χ1n) is 9.66. The summed E-state index contributed by atoms with van der Waals surface area (Å²) in [5.41, 5.74) is -2.73. The Labute approximate surface area is 186 Å². The van der Waals surface area contributed by atoms with E-state index in [1.807, 2.05) is 0 Å². The minimum Gasteiger partial charge on any atom is -0.450 e. The van der Waals surface area contributed by atoms with Gasteiger partial charge in [0.25, 0.3) is 5.69 Å². The lowest BCUT2D eigenvalue weighted by Crippen LogP contribution is -2.50. The van der Waals surface area contributed by atoms with Gasteiger partial charge in [0.1, 0.15) is 0 Å². The van der Waals surface area contributed by atoms with Crippen molar-refractivity contribution in [3.05, 3.63) is 82.0 Å². The second-order valence-corrected chi connectivity index (χ2v) is 8.29. The molecule has 11 heteroatoms. The number of hydrogen-bond donors (Lipinski definition) is 1. The highest BCUT2D eigenvalue weighted by Gasteiger charge is 2.50. The highest BCUT2D eigenvalue weighted by molar-refractivity contribution is 5.60. The summed E-state index contributed by atoms with van der Waals surface area (Å²) in [5, 5.41) is 25.0. The zero-order valence-electron chi connectivity index (χ0n) is 17.8. The Kier molecular flexibility index (Phi) is 5.93. The number of rotatable bonds is 5. The number of nitro groups is 1. The summed E-state index contributed by atoms with van der Waals surface area (Å²) >= 11 is 0. The molecule has 1 N–H and O–H groups in total. The van der Waals surface area contributed by atoms with Crippen LogP contribution in [-0.2, 0) is 16.6 Å². The number of carboxylic acid groups (broad SMARTS) is 1. The van der Waals surface area contributed by atoms with Crippen molar-refractivity contribution in [2.75, 3.05) is 0 Å². The zero-order valence-corrected chi connectivity index (χ0v) is 17.8. The fourth-order valence-electron chi connectivity index (χ4n) is 3.59. The Bertz CT molecular complexity index is 1170. The van der Waals surface area contributed by atoms with E-state index >= 15 is 0 Å². The van der Waals surface area contributed by atoms with Gasteiger partial charge in [0.15, 0.2) is 0 Å². The Hall–Kier alpha value is -3.89. The van der Waals surface area contributed by atoms with Crippen LogP contribution in [0.5, 0.6) is 0 Å². The van der Waals surface area contributed by atoms with Gasteiger partial charge in [-0.2, -0.15) is 18.3 Å². The lowest BCUT2D eigenvalue weighted by atomic mass is 9.78. The number of halogens is 3. The predicted molar refractivity (Wildman–Crippen MR) is 111 cm³/mol. The second-order valence-electron chi connectivity index (χ2n) is 8.29. The maximum Gasteiger partial charge on any atom is 0.508 e. The number of alkyl halides is 3. The van der Waals surface area contributed by atoms with Crippen LogP contribution >= 0.6 is 0 Å². The smallest absolute Gasteiger partial charge is 0.450 e. The SMILES string of the molecule is CC(C)(C)C(OC(=O)O)(c1ccc([N+](=O)[O-])cc1)n1ccc(-c2ccc(C(F)(F)F)cc2)n1. The first-order chi connectivity index (χ1) is 15.3. The molecular weight excluding hydrogens is 443 g/mol. The molecule has 0 spiro atoms. The van der Waals surface area contributed by atoms with E-state index in [9.17, 15) is 33.2 Å². The van der Waals surface area contributed by atoms with Gasteiger partial charge in [0.2, 0.25) is 5.72 Å². The number of non-ortho nitro benzene ring substituents is 1. The molecule has 0 saturated carbocycles. The predicted octanol–water partition coefficient (Wildman–Crippen LogP) is 5.92. The number of hydrogen-bond acceptors (Lipinski definition) is 5. The molecule has 0 fully saturated rings. The lowest BCUT2D eigenvalue weighted by Gasteiger charge is -2.43. The van der Waals surface area contributed by atoms with Gasteiger partial charge in [-0.15, -0.1) is 0 Å². The third kappa shape index (κ3) is 4.52. The number of carbonyl (C=O) groups is 1. The molecule has 8 nitrogen and oxygen atoms in total. The van der Waals surface area contributed by atoms with Crippen LogP contribution in [0.3, 0.4) is 0 Å². The highest BCUT2D eigenvalue weighted by atomic mass is 19.4. The molecule has 1 atom stereocenters. The summed E-state index contributed by atoms with van der Waals surface area (Å²) in [7, 11) is 0. The molecule has 33 heavy (non-hydrogen) atoms. The first kappa shape index (κ1) is 23.8. The normalized spacial score (nSPS) is 13.9. The summed E-state index contributed by atoms with van der Waals surface area (Å²) in [6.07, 6.45) is -4.64. The molecular formula is C22H20F3N3O5. The lowest BCUT2D eigenvalue weighted by molar-refractivity contribution is -0.384. The van der Waals surface area contributed by atoms with Crippen LogP contribution in [-0.4, -0.2) is 26.0 Å². The minimum absolute atomic E-state index is 0.192. The molecule has 0 aliphatic heterocycles. The summed E-state index contributed by atoms with van der Waals surface area (Å²) < 4.78 is 45.2. The Morgan fingerprint density at radius 3 is 2.00 bits per heavy atom. The van der Waals surface area contributed by atoms with Gasteiger partial charge in [-0.3, -0.25) is 10.1 Å². The zero-order chi connectivity index (χ0) is 24.6. The van der Waals surface area contributed by atoms with Gasteiger partial charge in [-0.25, -0.2) is 9.48 Å². The Balaban J connectivity index is 2.15. The largest absolute Gasteiger partial charge is 0.508 e. The van der Waals surface area contributed by atoms with E-state index in [2.05, 4.69) is 5.10 Å². The molecule has 0 saturated heterocycles. The second kappa shape index (κ2) is 8.23.